The smallest absolute Gasteiger partial charge is 0.240 e. The summed E-state index contributed by atoms with van der Waals surface area (Å²) in [5, 5.41) is 12.6. The molecule has 2 rings (SSSR count). The Hall–Kier alpha value is -0.610. The van der Waals surface area contributed by atoms with Crippen LogP contribution in [0, 0.1) is 0 Å². The molecule has 4 heteroatoms. The number of carbonyl (C=O) groups excluding carboxylic acids is 1. The minimum atomic E-state index is -0.349. The maximum Gasteiger partial charge on any atom is 0.240 e. The molecule has 98 valence electrons. The quantitative estimate of drug-likeness (QED) is 0.770. The molecule has 2 aliphatic heterocycles. The van der Waals surface area contributed by atoms with E-state index in [4.69, 9.17) is 0 Å². The molecule has 0 aromatic heterocycles. The summed E-state index contributed by atoms with van der Waals surface area (Å²) < 4.78 is 0. The highest BCUT2D eigenvalue weighted by Gasteiger charge is 2.34. The van der Waals surface area contributed by atoms with Gasteiger partial charge in [-0.3, -0.25) is 4.79 Å². The van der Waals surface area contributed by atoms with E-state index in [1.54, 1.807) is 0 Å². The summed E-state index contributed by atoms with van der Waals surface area (Å²) >= 11 is 0. The molecular weight excluding hydrogens is 216 g/mol. The minimum Gasteiger partial charge on any atom is -0.392 e. The lowest BCUT2D eigenvalue weighted by molar-refractivity contribution is -0.137. The van der Waals surface area contributed by atoms with Gasteiger partial charge in [0.25, 0.3) is 0 Å². The number of hydrogen-bond acceptors (Lipinski definition) is 3. The second kappa shape index (κ2) is 5.83. The van der Waals surface area contributed by atoms with Crippen LogP contribution in [0.25, 0.3) is 0 Å². The number of piperidine rings is 1. The molecule has 0 bridgehead atoms. The third-order valence-corrected chi connectivity index (χ3v) is 3.94. The highest BCUT2D eigenvalue weighted by atomic mass is 16.3. The van der Waals surface area contributed by atoms with Crippen molar-refractivity contribution in [1.29, 1.82) is 0 Å². The molecule has 0 aromatic rings. The Labute approximate surface area is 103 Å². The van der Waals surface area contributed by atoms with Gasteiger partial charge in [0.05, 0.1) is 12.1 Å². The van der Waals surface area contributed by atoms with E-state index < -0.39 is 0 Å². The monoisotopic (exact) mass is 240 g/mol. The van der Waals surface area contributed by atoms with Crippen LogP contribution in [0.1, 0.15) is 45.4 Å². The normalized spacial score (nSPS) is 34.0. The van der Waals surface area contributed by atoms with Crippen LogP contribution in [0.4, 0.5) is 0 Å². The van der Waals surface area contributed by atoms with Crippen molar-refractivity contribution in [3.05, 3.63) is 0 Å². The zero-order valence-electron chi connectivity index (χ0n) is 10.7. The number of nitrogens with zero attached hydrogens (tertiary/aromatic N) is 1. The molecule has 3 atom stereocenters. The number of aliphatic hydroxyl groups excluding tert-OH is 1. The molecule has 0 spiro atoms. The maximum absolute atomic E-state index is 12.4. The first kappa shape index (κ1) is 12.8. The molecule has 0 aromatic carbocycles. The van der Waals surface area contributed by atoms with E-state index in [0.717, 1.165) is 32.2 Å². The van der Waals surface area contributed by atoms with Crippen LogP contribution in [-0.4, -0.2) is 47.2 Å². The van der Waals surface area contributed by atoms with E-state index in [9.17, 15) is 9.90 Å². The van der Waals surface area contributed by atoms with Crippen molar-refractivity contribution in [2.45, 2.75) is 63.6 Å². The molecule has 1 amide bonds. The molecule has 0 radical (unpaired) electrons. The van der Waals surface area contributed by atoms with Gasteiger partial charge in [-0.1, -0.05) is 13.3 Å². The van der Waals surface area contributed by atoms with Crippen molar-refractivity contribution < 1.29 is 9.90 Å². The second-order valence-electron chi connectivity index (χ2n) is 5.32. The molecule has 17 heavy (non-hydrogen) atoms. The van der Waals surface area contributed by atoms with Crippen molar-refractivity contribution in [3.8, 4) is 0 Å². The maximum atomic E-state index is 12.4. The van der Waals surface area contributed by atoms with Gasteiger partial charge in [0, 0.05) is 19.1 Å². The average molecular weight is 240 g/mol. The lowest BCUT2D eigenvalue weighted by Gasteiger charge is -2.37. The highest BCUT2D eigenvalue weighted by Crippen LogP contribution is 2.23. The molecule has 2 saturated heterocycles. The van der Waals surface area contributed by atoms with Gasteiger partial charge in [0.1, 0.15) is 0 Å². The van der Waals surface area contributed by atoms with Crippen LogP contribution in [0.15, 0.2) is 0 Å². The molecule has 4 nitrogen and oxygen atoms in total. The summed E-state index contributed by atoms with van der Waals surface area (Å²) in [4.78, 5) is 14.4. The third-order valence-electron chi connectivity index (χ3n) is 3.94. The topological polar surface area (TPSA) is 52.6 Å². The first-order valence-corrected chi connectivity index (χ1v) is 6.94. The first-order valence-electron chi connectivity index (χ1n) is 6.94. The zero-order valence-corrected chi connectivity index (χ0v) is 10.7. The van der Waals surface area contributed by atoms with Crippen LogP contribution >= 0.6 is 0 Å². The van der Waals surface area contributed by atoms with Gasteiger partial charge in [0.2, 0.25) is 5.91 Å². The van der Waals surface area contributed by atoms with Crippen LogP contribution in [0.3, 0.4) is 0 Å². The number of nitrogens with one attached hydrogen (secondary N) is 1. The van der Waals surface area contributed by atoms with Crippen molar-refractivity contribution in [3.63, 3.8) is 0 Å². The van der Waals surface area contributed by atoms with E-state index in [-0.39, 0.29) is 18.1 Å². The van der Waals surface area contributed by atoms with E-state index in [2.05, 4.69) is 17.1 Å². The summed E-state index contributed by atoms with van der Waals surface area (Å²) in [6, 6.07) is 0.281. The summed E-state index contributed by atoms with van der Waals surface area (Å²) in [5.41, 5.74) is 0. The van der Waals surface area contributed by atoms with E-state index in [0.29, 0.717) is 19.0 Å². The molecule has 0 saturated carbocycles. The second-order valence-corrected chi connectivity index (χ2v) is 5.32. The standard InChI is InChI=1S/C13H24N2O2/c1-2-5-10-6-3-4-7-15(10)13(17)12-8-11(16)9-14-12/h10-12,14,16H,2-9H2,1H3. The Morgan fingerprint density at radius 3 is 2.94 bits per heavy atom. The molecule has 2 aliphatic rings. The van der Waals surface area contributed by atoms with E-state index in [1.807, 2.05) is 0 Å². The lowest BCUT2D eigenvalue weighted by Crippen LogP contribution is -2.50. The van der Waals surface area contributed by atoms with Crippen molar-refractivity contribution in [2.24, 2.45) is 0 Å². The predicted octanol–water partition coefficient (Wildman–Crippen LogP) is 0.890. The van der Waals surface area contributed by atoms with Gasteiger partial charge in [-0.2, -0.15) is 0 Å². The average Bonchev–Trinajstić information content (AvgIpc) is 2.76. The number of amides is 1. The van der Waals surface area contributed by atoms with Gasteiger partial charge in [0.15, 0.2) is 0 Å². The van der Waals surface area contributed by atoms with E-state index in [1.165, 1.54) is 6.42 Å². The van der Waals surface area contributed by atoms with Crippen LogP contribution < -0.4 is 5.32 Å². The zero-order chi connectivity index (χ0) is 12.3. The third kappa shape index (κ3) is 2.99. The fourth-order valence-corrected chi connectivity index (χ4v) is 3.03. The van der Waals surface area contributed by atoms with Crippen LogP contribution in [-0.2, 0) is 4.79 Å². The molecule has 2 heterocycles. The van der Waals surface area contributed by atoms with Crippen LogP contribution in [0.5, 0.6) is 0 Å². The van der Waals surface area contributed by atoms with Gasteiger partial charge < -0.3 is 15.3 Å². The Morgan fingerprint density at radius 1 is 1.47 bits per heavy atom. The van der Waals surface area contributed by atoms with Gasteiger partial charge >= 0.3 is 0 Å². The van der Waals surface area contributed by atoms with Crippen molar-refractivity contribution in [2.75, 3.05) is 13.1 Å². The minimum absolute atomic E-state index is 0.151. The molecule has 2 N–H and O–H groups in total. The summed E-state index contributed by atoms with van der Waals surface area (Å²) in [6.07, 6.45) is 5.99. The number of carbonyl (C=O) groups is 1. The van der Waals surface area contributed by atoms with Gasteiger partial charge in [-0.05, 0) is 32.1 Å². The Morgan fingerprint density at radius 2 is 2.29 bits per heavy atom. The van der Waals surface area contributed by atoms with Crippen molar-refractivity contribution >= 4 is 5.91 Å². The van der Waals surface area contributed by atoms with Gasteiger partial charge in [-0.15, -0.1) is 0 Å². The summed E-state index contributed by atoms with van der Waals surface area (Å²) in [7, 11) is 0. The number of likely N-dealkylation sites (tertiary alicyclic amines) is 1. The first-order chi connectivity index (χ1) is 8.22. The summed E-state index contributed by atoms with van der Waals surface area (Å²) in [5.74, 6) is 0.208. The Kier molecular flexibility index (Phi) is 4.40. The molecule has 2 fully saturated rings. The largest absolute Gasteiger partial charge is 0.392 e. The fraction of sp³-hybridized carbons (Fsp3) is 0.923. The van der Waals surface area contributed by atoms with Crippen molar-refractivity contribution in [1.82, 2.24) is 10.2 Å². The predicted molar refractivity (Wildman–Crippen MR) is 66.7 cm³/mol. The number of aliphatic hydroxyl groups is 1. The molecule has 0 aliphatic carbocycles. The number of rotatable bonds is 3. The molecular formula is C13H24N2O2. The fourth-order valence-electron chi connectivity index (χ4n) is 3.03. The lowest BCUT2D eigenvalue weighted by atomic mass is 9.97. The molecule has 3 unspecified atom stereocenters. The van der Waals surface area contributed by atoms with Crippen LogP contribution in [0.2, 0.25) is 0 Å². The SMILES string of the molecule is CCCC1CCCCN1C(=O)C1CC(O)CN1. The summed E-state index contributed by atoms with van der Waals surface area (Å²) in [6.45, 7) is 3.63. The Bertz CT molecular complexity index is 268. The highest BCUT2D eigenvalue weighted by molar-refractivity contribution is 5.82. The van der Waals surface area contributed by atoms with Gasteiger partial charge in [-0.25, -0.2) is 0 Å². The number of β-amino-alcohol motifs (C(OH)–C–C–N with tert-alkyl or cyclic N) is 1. The number of hydrogen-bond donors (Lipinski definition) is 2. The Balaban J connectivity index is 1.95. The van der Waals surface area contributed by atoms with E-state index >= 15 is 0 Å².